The Morgan fingerprint density at radius 2 is 1.91 bits per heavy atom. The maximum absolute atomic E-state index is 10.6. The van der Waals surface area contributed by atoms with Crippen LogP contribution in [0.1, 0.15) is 75.3 Å². The Labute approximate surface area is 200 Å². The fourth-order valence-electron chi connectivity index (χ4n) is 6.25. The highest BCUT2D eigenvalue weighted by Gasteiger charge is 2.41. The van der Waals surface area contributed by atoms with Gasteiger partial charge >= 0.3 is 0 Å². The van der Waals surface area contributed by atoms with Gasteiger partial charge in [-0.25, -0.2) is 4.98 Å². The maximum Gasteiger partial charge on any atom is 0.224 e. The van der Waals surface area contributed by atoms with Gasteiger partial charge in [-0.3, -0.25) is 10.3 Å². The third-order valence-corrected chi connectivity index (χ3v) is 8.11. The average Bonchev–Trinajstić information content (AvgIpc) is 3.28. The van der Waals surface area contributed by atoms with E-state index in [0.717, 1.165) is 68.3 Å². The summed E-state index contributed by atoms with van der Waals surface area (Å²) in [4.78, 5) is 13.8. The van der Waals surface area contributed by atoms with Crippen molar-refractivity contribution in [2.75, 3.05) is 11.9 Å². The summed E-state index contributed by atoms with van der Waals surface area (Å²) in [5.74, 6) is 0.708. The largest absolute Gasteiger partial charge is 0.373 e. The molecule has 1 spiro atoms. The molecule has 2 saturated carbocycles. The first kappa shape index (κ1) is 21.9. The fourth-order valence-corrected chi connectivity index (χ4v) is 6.25. The summed E-state index contributed by atoms with van der Waals surface area (Å²) < 4.78 is 2.34. The molecule has 4 N–H and O–H groups in total. The smallest absolute Gasteiger partial charge is 0.224 e. The van der Waals surface area contributed by atoms with Crippen LogP contribution < -0.4 is 16.0 Å². The van der Waals surface area contributed by atoms with Crippen molar-refractivity contribution < 1.29 is 5.11 Å². The van der Waals surface area contributed by atoms with Crippen molar-refractivity contribution in [3.63, 3.8) is 0 Å². The van der Waals surface area contributed by atoms with Crippen LogP contribution in [0.4, 0.5) is 5.95 Å². The molecule has 8 heteroatoms. The van der Waals surface area contributed by atoms with E-state index in [-0.39, 0.29) is 5.54 Å². The molecule has 1 atom stereocenters. The predicted octanol–water partition coefficient (Wildman–Crippen LogP) is 3.59. The molecule has 1 aliphatic heterocycles. The number of hydrogen-bond donors (Lipinski definition) is 4. The number of aliphatic hydroxyl groups is 1. The summed E-state index contributed by atoms with van der Waals surface area (Å²) in [7, 11) is 0. The molecule has 34 heavy (non-hydrogen) atoms. The van der Waals surface area contributed by atoms with Gasteiger partial charge in [-0.05, 0) is 56.2 Å². The van der Waals surface area contributed by atoms with Crippen molar-refractivity contribution in [1.82, 2.24) is 30.2 Å². The topological polar surface area (TPSA) is 99.9 Å². The second kappa shape index (κ2) is 9.24. The Hall–Kier alpha value is -2.55. The molecule has 0 saturated heterocycles. The number of aliphatic hydroxyl groups excluding tert-OH is 1. The SMILES string of the molecule is OC1NCC2(CCCCC2)n2c1cc1cnc(N[C@H]3CC[C@H](NCc4cccnc4)CC3)nc12. The molecule has 2 aliphatic carbocycles. The van der Waals surface area contributed by atoms with Crippen LogP contribution in [0.3, 0.4) is 0 Å². The zero-order chi connectivity index (χ0) is 23.0. The van der Waals surface area contributed by atoms with Gasteiger partial charge in [0.25, 0.3) is 0 Å². The van der Waals surface area contributed by atoms with Crippen LogP contribution in [0.25, 0.3) is 11.0 Å². The summed E-state index contributed by atoms with van der Waals surface area (Å²) in [5.41, 5.74) is 3.13. The zero-order valence-electron chi connectivity index (χ0n) is 19.7. The number of rotatable bonds is 5. The van der Waals surface area contributed by atoms with Crippen molar-refractivity contribution in [2.24, 2.45) is 0 Å². The van der Waals surface area contributed by atoms with E-state index in [4.69, 9.17) is 4.98 Å². The van der Waals surface area contributed by atoms with Gasteiger partial charge in [0.1, 0.15) is 11.9 Å². The molecule has 3 aromatic rings. The molecule has 180 valence electrons. The molecule has 4 heterocycles. The third kappa shape index (κ3) is 4.19. The Morgan fingerprint density at radius 1 is 1.09 bits per heavy atom. The Kier molecular flexibility index (Phi) is 5.97. The van der Waals surface area contributed by atoms with Crippen LogP contribution in [0, 0.1) is 0 Å². The first-order valence-corrected chi connectivity index (χ1v) is 12.9. The number of hydrogen-bond acceptors (Lipinski definition) is 7. The van der Waals surface area contributed by atoms with Crippen molar-refractivity contribution in [3.05, 3.63) is 48.0 Å². The van der Waals surface area contributed by atoms with Gasteiger partial charge in [0.2, 0.25) is 5.95 Å². The number of nitrogens with zero attached hydrogens (tertiary/aromatic N) is 4. The second-order valence-corrected chi connectivity index (χ2v) is 10.4. The molecule has 3 aromatic heterocycles. The van der Waals surface area contributed by atoms with Crippen molar-refractivity contribution in [3.8, 4) is 0 Å². The Balaban J connectivity index is 1.15. The Morgan fingerprint density at radius 3 is 2.71 bits per heavy atom. The number of pyridine rings is 1. The lowest BCUT2D eigenvalue weighted by atomic mass is 9.80. The average molecular weight is 462 g/mol. The lowest BCUT2D eigenvalue weighted by Gasteiger charge is -2.44. The predicted molar refractivity (Wildman–Crippen MR) is 132 cm³/mol. The highest BCUT2D eigenvalue weighted by Crippen LogP contribution is 2.42. The van der Waals surface area contributed by atoms with Gasteiger partial charge in [0, 0.05) is 49.1 Å². The number of fused-ring (bicyclic) bond motifs is 4. The molecule has 3 aliphatic rings. The highest BCUT2D eigenvalue weighted by atomic mass is 16.3. The lowest BCUT2D eigenvalue weighted by molar-refractivity contribution is 0.0581. The van der Waals surface area contributed by atoms with Gasteiger partial charge < -0.3 is 20.3 Å². The molecule has 8 nitrogen and oxygen atoms in total. The van der Waals surface area contributed by atoms with E-state index >= 15 is 0 Å². The van der Waals surface area contributed by atoms with Gasteiger partial charge in [0.15, 0.2) is 0 Å². The van der Waals surface area contributed by atoms with Crippen molar-refractivity contribution in [2.45, 2.75) is 88.2 Å². The van der Waals surface area contributed by atoms with Gasteiger partial charge in [0.05, 0.1) is 11.2 Å². The Bertz CT molecular complexity index is 1120. The highest BCUT2D eigenvalue weighted by molar-refractivity contribution is 5.78. The third-order valence-electron chi connectivity index (χ3n) is 8.11. The van der Waals surface area contributed by atoms with Crippen LogP contribution >= 0.6 is 0 Å². The first-order valence-electron chi connectivity index (χ1n) is 12.9. The van der Waals surface area contributed by atoms with E-state index in [1.165, 1.54) is 24.8 Å². The minimum Gasteiger partial charge on any atom is -0.373 e. The van der Waals surface area contributed by atoms with Crippen LogP contribution in [0.2, 0.25) is 0 Å². The standard InChI is InChI=1S/C26H35N7O/c34-24-22-13-19-16-29-25(32-23(19)33(22)26(17-30-24)10-2-1-3-11-26)31-21-8-6-20(7-9-21)28-15-18-5-4-12-27-14-18/h4-5,12-14,16,20-21,24,28,30,34H,1-3,6-11,15,17H2,(H,29,31,32)/t20-,21-,24?. The maximum atomic E-state index is 10.6. The fraction of sp³-hybridized carbons (Fsp3) is 0.577. The molecular formula is C26H35N7O. The quantitative estimate of drug-likeness (QED) is 0.461. The minimum absolute atomic E-state index is 0.0121. The molecule has 0 radical (unpaired) electrons. The van der Waals surface area contributed by atoms with Crippen molar-refractivity contribution >= 4 is 17.0 Å². The van der Waals surface area contributed by atoms with Crippen LogP contribution in [0.15, 0.2) is 36.8 Å². The van der Waals surface area contributed by atoms with E-state index in [9.17, 15) is 5.11 Å². The molecule has 0 aromatic carbocycles. The molecule has 0 amide bonds. The van der Waals surface area contributed by atoms with Crippen LogP contribution in [0.5, 0.6) is 0 Å². The van der Waals surface area contributed by atoms with Gasteiger partial charge in [-0.1, -0.05) is 25.3 Å². The summed E-state index contributed by atoms with van der Waals surface area (Å²) >= 11 is 0. The van der Waals surface area contributed by atoms with E-state index in [0.29, 0.717) is 18.0 Å². The summed E-state index contributed by atoms with van der Waals surface area (Å²) in [6.07, 6.45) is 15.5. The minimum atomic E-state index is -0.646. The number of nitrogens with one attached hydrogen (secondary N) is 3. The van der Waals surface area contributed by atoms with Crippen molar-refractivity contribution in [1.29, 1.82) is 0 Å². The summed E-state index contributed by atoms with van der Waals surface area (Å²) in [6.45, 7) is 1.67. The second-order valence-electron chi connectivity index (χ2n) is 10.4. The molecule has 1 unspecified atom stereocenters. The van der Waals surface area contributed by atoms with E-state index < -0.39 is 6.23 Å². The van der Waals surface area contributed by atoms with E-state index in [1.807, 2.05) is 24.7 Å². The van der Waals surface area contributed by atoms with E-state index in [1.54, 1.807) is 0 Å². The molecule has 0 bridgehead atoms. The summed E-state index contributed by atoms with van der Waals surface area (Å²) in [5, 5.41) is 22.3. The monoisotopic (exact) mass is 461 g/mol. The summed E-state index contributed by atoms with van der Waals surface area (Å²) in [6, 6.07) is 7.10. The van der Waals surface area contributed by atoms with Gasteiger partial charge in [-0.15, -0.1) is 0 Å². The molecule has 2 fully saturated rings. The van der Waals surface area contributed by atoms with Gasteiger partial charge in [-0.2, -0.15) is 4.98 Å². The number of aromatic nitrogens is 4. The molecule has 6 rings (SSSR count). The molecular weight excluding hydrogens is 426 g/mol. The van der Waals surface area contributed by atoms with Crippen LogP contribution in [-0.4, -0.2) is 43.3 Å². The lowest BCUT2D eigenvalue weighted by Crippen LogP contribution is -2.51. The first-order chi connectivity index (χ1) is 16.7. The van der Waals surface area contributed by atoms with Crippen LogP contribution in [-0.2, 0) is 12.1 Å². The normalized spacial score (nSPS) is 26.4. The zero-order valence-corrected chi connectivity index (χ0v) is 19.7. The van der Waals surface area contributed by atoms with E-state index in [2.05, 4.69) is 42.6 Å². The number of anilines is 1.